The van der Waals surface area contributed by atoms with Crippen LogP contribution in [-0.2, 0) is 11.2 Å². The number of carbonyl (C=O) groups excluding carboxylic acids is 1. The highest BCUT2D eigenvalue weighted by Gasteiger charge is 2.21. The lowest BCUT2D eigenvalue weighted by Crippen LogP contribution is -2.03. The van der Waals surface area contributed by atoms with E-state index in [0.717, 1.165) is 14.9 Å². The van der Waals surface area contributed by atoms with E-state index in [-0.39, 0.29) is 5.97 Å². The summed E-state index contributed by atoms with van der Waals surface area (Å²) in [6, 6.07) is 0. The molecule has 2 nitrogen and oxygen atoms in total. The number of carbonyl (C=O) groups is 1. The topological polar surface area (TPSA) is 26.3 Å². The number of esters is 1. The molecule has 2 heterocycles. The molecule has 0 aliphatic heterocycles. The Morgan fingerprint density at radius 3 is 2.28 bits per heavy atom. The first-order valence-electron chi connectivity index (χ1n) is 9.54. The van der Waals surface area contributed by atoms with Crippen molar-refractivity contribution < 1.29 is 9.53 Å². The highest BCUT2D eigenvalue weighted by Crippen LogP contribution is 2.42. The summed E-state index contributed by atoms with van der Waals surface area (Å²) in [5, 5.41) is 2.22. The Morgan fingerprint density at radius 2 is 1.64 bits per heavy atom. The second-order valence-electron chi connectivity index (χ2n) is 6.47. The Kier molecular flexibility index (Phi) is 9.50. The molecule has 0 aromatic carbocycles. The van der Waals surface area contributed by atoms with E-state index in [4.69, 9.17) is 4.74 Å². The van der Waals surface area contributed by atoms with Crippen molar-refractivity contribution in [1.82, 2.24) is 0 Å². The number of thiophene rings is 2. The summed E-state index contributed by atoms with van der Waals surface area (Å²) in [5.41, 5.74) is 2.11. The summed E-state index contributed by atoms with van der Waals surface area (Å²) in [6.07, 6.45) is 13.3. The molecule has 0 radical (unpaired) electrons. The predicted molar refractivity (Wildman–Crippen MR) is 114 cm³/mol. The first-order valence-corrected chi connectivity index (χ1v) is 12.0. The maximum atomic E-state index is 12.1. The van der Waals surface area contributed by atoms with Gasteiger partial charge in [-0.15, -0.1) is 22.7 Å². The zero-order chi connectivity index (χ0) is 18.1. The largest absolute Gasteiger partial charge is 0.462 e. The predicted octanol–water partition coefficient (Wildman–Crippen LogP) is 7.98. The van der Waals surface area contributed by atoms with Crippen molar-refractivity contribution in [3.8, 4) is 0 Å². The van der Waals surface area contributed by atoms with Gasteiger partial charge in [0.15, 0.2) is 0 Å². The van der Waals surface area contributed by atoms with E-state index >= 15 is 0 Å². The molecule has 0 N–H and O–H groups in total. The van der Waals surface area contributed by atoms with Crippen molar-refractivity contribution in [3.05, 3.63) is 20.3 Å². The minimum absolute atomic E-state index is 0.211. The number of rotatable bonds is 12. The van der Waals surface area contributed by atoms with Gasteiger partial charge in [-0.05, 0) is 46.6 Å². The van der Waals surface area contributed by atoms with Crippen LogP contribution in [0.25, 0.3) is 9.40 Å². The summed E-state index contributed by atoms with van der Waals surface area (Å²) < 4.78 is 8.44. The van der Waals surface area contributed by atoms with Crippen molar-refractivity contribution in [2.75, 3.05) is 6.61 Å². The number of halogens is 1. The third kappa shape index (κ3) is 6.07. The molecule has 2 aromatic heterocycles. The number of hydrogen-bond acceptors (Lipinski definition) is 4. The van der Waals surface area contributed by atoms with Gasteiger partial charge in [0.2, 0.25) is 0 Å². The van der Waals surface area contributed by atoms with Gasteiger partial charge in [0.05, 0.1) is 19.8 Å². The van der Waals surface area contributed by atoms with Crippen LogP contribution in [0, 0.1) is 0 Å². The first-order chi connectivity index (χ1) is 12.2. The summed E-state index contributed by atoms with van der Waals surface area (Å²) in [4.78, 5) is 12.1. The van der Waals surface area contributed by atoms with Crippen LogP contribution in [0.15, 0.2) is 9.17 Å². The van der Waals surface area contributed by atoms with Crippen LogP contribution in [0.5, 0.6) is 0 Å². The fourth-order valence-electron chi connectivity index (χ4n) is 3.07. The Hall–Kier alpha value is -0.390. The normalized spacial score (nSPS) is 11.3. The van der Waals surface area contributed by atoms with Crippen molar-refractivity contribution in [1.29, 1.82) is 0 Å². The van der Waals surface area contributed by atoms with Gasteiger partial charge in [-0.2, -0.15) is 0 Å². The molecule has 2 aromatic rings. The van der Waals surface area contributed by atoms with Crippen LogP contribution in [0.4, 0.5) is 0 Å². The average molecular weight is 445 g/mol. The molecule has 0 saturated carbocycles. The van der Waals surface area contributed by atoms with Gasteiger partial charge in [-0.1, -0.05) is 58.3 Å². The van der Waals surface area contributed by atoms with E-state index < -0.39 is 0 Å². The molecule has 0 bridgehead atoms. The molecule has 0 aliphatic carbocycles. The Bertz CT molecular complexity index is 660. The van der Waals surface area contributed by atoms with E-state index in [0.29, 0.717) is 12.2 Å². The van der Waals surface area contributed by atoms with Crippen molar-refractivity contribution in [3.63, 3.8) is 0 Å². The van der Waals surface area contributed by atoms with Gasteiger partial charge >= 0.3 is 5.97 Å². The van der Waals surface area contributed by atoms with Gasteiger partial charge in [0.25, 0.3) is 0 Å². The van der Waals surface area contributed by atoms with Gasteiger partial charge in [-0.25, -0.2) is 4.79 Å². The SMILES string of the molecule is CCCCCCCCCCCc1csc2c(C(=O)OCC)c(Br)sc12. The Labute approximate surface area is 168 Å². The molecule has 2 rings (SSSR count). The Balaban J connectivity index is 1.79. The van der Waals surface area contributed by atoms with E-state index in [1.807, 2.05) is 6.92 Å². The zero-order valence-electron chi connectivity index (χ0n) is 15.4. The lowest BCUT2D eigenvalue weighted by Gasteiger charge is -2.01. The smallest absolute Gasteiger partial charge is 0.341 e. The summed E-state index contributed by atoms with van der Waals surface area (Å²) in [6.45, 7) is 4.53. The van der Waals surface area contributed by atoms with Crippen molar-refractivity contribution in [2.45, 2.75) is 78.1 Å². The molecular weight excluding hydrogens is 416 g/mol. The second kappa shape index (κ2) is 11.3. The molecule has 0 unspecified atom stereocenters. The maximum Gasteiger partial charge on any atom is 0.341 e. The number of ether oxygens (including phenoxy) is 1. The molecule has 140 valence electrons. The third-order valence-corrected chi connectivity index (χ3v) is 7.57. The minimum Gasteiger partial charge on any atom is -0.462 e. The second-order valence-corrected chi connectivity index (χ2v) is 9.69. The average Bonchev–Trinajstić information content (AvgIpc) is 3.11. The van der Waals surface area contributed by atoms with Crippen LogP contribution < -0.4 is 0 Å². The van der Waals surface area contributed by atoms with E-state index in [1.165, 1.54) is 68.1 Å². The van der Waals surface area contributed by atoms with Crippen LogP contribution in [0.2, 0.25) is 0 Å². The molecule has 0 spiro atoms. The Morgan fingerprint density at radius 1 is 1.00 bits per heavy atom. The molecule has 0 saturated heterocycles. The van der Waals surface area contributed by atoms with Gasteiger partial charge < -0.3 is 4.74 Å². The van der Waals surface area contributed by atoms with Crippen molar-refractivity contribution in [2.24, 2.45) is 0 Å². The monoisotopic (exact) mass is 444 g/mol. The van der Waals surface area contributed by atoms with Gasteiger partial charge in [-0.3, -0.25) is 0 Å². The number of aryl methyl sites for hydroxylation is 1. The molecule has 0 aliphatic rings. The lowest BCUT2D eigenvalue weighted by atomic mass is 10.0. The molecule has 0 fully saturated rings. The molecule has 5 heteroatoms. The molecule has 0 amide bonds. The fraction of sp³-hybridized carbons (Fsp3) is 0.650. The number of fused-ring (bicyclic) bond motifs is 1. The highest BCUT2D eigenvalue weighted by atomic mass is 79.9. The van der Waals surface area contributed by atoms with E-state index in [1.54, 1.807) is 22.7 Å². The van der Waals surface area contributed by atoms with Crippen LogP contribution in [0.3, 0.4) is 0 Å². The standard InChI is InChI=1S/C20H29BrO2S2/c1-3-5-6-7-8-9-10-11-12-13-15-14-24-18-16(20(22)23-4-2)19(21)25-17(15)18/h14H,3-13H2,1-2H3. The summed E-state index contributed by atoms with van der Waals surface area (Å²) in [5.74, 6) is -0.211. The highest BCUT2D eigenvalue weighted by molar-refractivity contribution is 9.11. The molecular formula is C20H29BrO2S2. The van der Waals surface area contributed by atoms with Crippen LogP contribution >= 0.6 is 38.6 Å². The first kappa shape index (κ1) is 20.9. The van der Waals surface area contributed by atoms with Crippen LogP contribution in [-0.4, -0.2) is 12.6 Å². The van der Waals surface area contributed by atoms with E-state index in [2.05, 4.69) is 28.2 Å². The van der Waals surface area contributed by atoms with Gasteiger partial charge in [0.1, 0.15) is 5.56 Å². The number of unbranched alkanes of at least 4 members (excludes halogenated alkanes) is 8. The summed E-state index contributed by atoms with van der Waals surface area (Å²) >= 11 is 6.89. The quantitative estimate of drug-likeness (QED) is 0.245. The minimum atomic E-state index is -0.211. The summed E-state index contributed by atoms with van der Waals surface area (Å²) in [7, 11) is 0. The van der Waals surface area contributed by atoms with Gasteiger partial charge in [0, 0.05) is 0 Å². The van der Waals surface area contributed by atoms with E-state index in [9.17, 15) is 4.79 Å². The molecule has 25 heavy (non-hydrogen) atoms. The fourth-order valence-corrected chi connectivity index (χ4v) is 6.45. The number of hydrogen-bond donors (Lipinski definition) is 0. The lowest BCUT2D eigenvalue weighted by molar-refractivity contribution is 0.0528. The zero-order valence-corrected chi connectivity index (χ0v) is 18.6. The third-order valence-electron chi connectivity index (χ3n) is 4.46. The van der Waals surface area contributed by atoms with Crippen molar-refractivity contribution >= 4 is 54.0 Å². The van der Waals surface area contributed by atoms with Crippen LogP contribution in [0.1, 0.15) is 87.6 Å². The maximum absolute atomic E-state index is 12.1. The molecule has 0 atom stereocenters.